The zero-order valence-electron chi connectivity index (χ0n) is 10.7. The van der Waals surface area contributed by atoms with Gasteiger partial charge < -0.3 is 5.73 Å². The lowest BCUT2D eigenvalue weighted by atomic mass is 10.1. The number of hydrogen-bond donors (Lipinski definition) is 1. The van der Waals surface area contributed by atoms with Crippen LogP contribution >= 0.6 is 0 Å². The normalized spacial score (nSPS) is 10.9. The molecule has 0 atom stereocenters. The summed E-state index contributed by atoms with van der Waals surface area (Å²) in [6.45, 7) is 0.830. The fourth-order valence-electron chi connectivity index (χ4n) is 1.96. The molecule has 0 aliphatic carbocycles. The zero-order chi connectivity index (χ0) is 13.8. The highest BCUT2D eigenvalue weighted by Crippen LogP contribution is 2.15. The van der Waals surface area contributed by atoms with Crippen molar-refractivity contribution in [3.05, 3.63) is 65.2 Å². The fraction of sp³-hybridized carbons (Fsp3) is 0.200. The molecule has 0 bridgehead atoms. The van der Waals surface area contributed by atoms with Gasteiger partial charge in [-0.25, -0.2) is 8.78 Å². The van der Waals surface area contributed by atoms with Crippen LogP contribution in [0.3, 0.4) is 0 Å². The van der Waals surface area contributed by atoms with Crippen LogP contribution in [0.5, 0.6) is 0 Å². The molecular formula is C15H16F2N2. The third-order valence-electron chi connectivity index (χ3n) is 2.92. The summed E-state index contributed by atoms with van der Waals surface area (Å²) in [5, 5.41) is 0. The number of anilines is 1. The number of nitrogen functional groups attached to an aromatic ring is 1. The smallest absolute Gasteiger partial charge is 0.129 e. The predicted molar refractivity (Wildman–Crippen MR) is 72.4 cm³/mol. The molecule has 0 amide bonds. The van der Waals surface area contributed by atoms with Crippen molar-refractivity contribution in [3.8, 4) is 0 Å². The number of nitrogens with zero attached hydrogens (tertiary/aromatic N) is 1. The van der Waals surface area contributed by atoms with Gasteiger partial charge in [0.25, 0.3) is 0 Å². The summed E-state index contributed by atoms with van der Waals surface area (Å²) in [5.41, 5.74) is 7.05. The van der Waals surface area contributed by atoms with Crippen molar-refractivity contribution < 1.29 is 8.78 Å². The highest BCUT2D eigenvalue weighted by atomic mass is 19.1. The van der Waals surface area contributed by atoms with E-state index >= 15 is 0 Å². The van der Waals surface area contributed by atoms with Gasteiger partial charge in [-0.2, -0.15) is 0 Å². The van der Waals surface area contributed by atoms with Crippen LogP contribution in [-0.2, 0) is 13.1 Å². The van der Waals surface area contributed by atoms with Crippen LogP contribution in [0.25, 0.3) is 0 Å². The van der Waals surface area contributed by atoms with E-state index in [1.54, 1.807) is 30.3 Å². The first-order valence-corrected chi connectivity index (χ1v) is 6.02. The molecule has 2 nitrogen and oxygen atoms in total. The topological polar surface area (TPSA) is 29.3 Å². The van der Waals surface area contributed by atoms with Crippen molar-refractivity contribution in [3.63, 3.8) is 0 Å². The van der Waals surface area contributed by atoms with E-state index in [0.29, 0.717) is 29.9 Å². The Kier molecular flexibility index (Phi) is 4.12. The first-order chi connectivity index (χ1) is 9.06. The molecule has 0 unspecified atom stereocenters. The SMILES string of the molecule is CN(Cc1ccccc1F)Cc1ccc(N)cc1F. The van der Waals surface area contributed by atoms with Gasteiger partial charge in [0.05, 0.1) is 0 Å². The minimum absolute atomic E-state index is 0.243. The second-order valence-corrected chi connectivity index (χ2v) is 4.61. The molecule has 4 heteroatoms. The Hall–Kier alpha value is -1.94. The molecule has 19 heavy (non-hydrogen) atoms. The van der Waals surface area contributed by atoms with Gasteiger partial charge in [0, 0.05) is 29.9 Å². The Morgan fingerprint density at radius 3 is 2.21 bits per heavy atom. The molecule has 0 aliphatic heterocycles. The molecule has 0 saturated carbocycles. The number of rotatable bonds is 4. The first-order valence-electron chi connectivity index (χ1n) is 6.02. The summed E-state index contributed by atoms with van der Waals surface area (Å²) in [6.07, 6.45) is 0. The molecule has 2 rings (SSSR count). The maximum Gasteiger partial charge on any atom is 0.129 e. The second-order valence-electron chi connectivity index (χ2n) is 4.61. The minimum Gasteiger partial charge on any atom is -0.399 e. The van der Waals surface area contributed by atoms with E-state index in [1.165, 1.54) is 12.1 Å². The molecule has 2 N–H and O–H groups in total. The van der Waals surface area contributed by atoms with Crippen LogP contribution in [0.15, 0.2) is 42.5 Å². The van der Waals surface area contributed by atoms with Crippen LogP contribution in [0.2, 0.25) is 0 Å². The predicted octanol–water partition coefficient (Wildman–Crippen LogP) is 3.18. The van der Waals surface area contributed by atoms with E-state index in [2.05, 4.69) is 0 Å². The summed E-state index contributed by atoms with van der Waals surface area (Å²) in [4.78, 5) is 1.85. The van der Waals surface area contributed by atoms with Crippen LogP contribution in [0.4, 0.5) is 14.5 Å². The number of halogens is 2. The third kappa shape index (κ3) is 3.51. The van der Waals surface area contributed by atoms with E-state index in [-0.39, 0.29) is 11.6 Å². The van der Waals surface area contributed by atoms with Crippen molar-refractivity contribution in [1.82, 2.24) is 4.90 Å². The van der Waals surface area contributed by atoms with E-state index in [1.807, 2.05) is 11.9 Å². The molecule has 0 fully saturated rings. The van der Waals surface area contributed by atoms with Gasteiger partial charge in [0.15, 0.2) is 0 Å². The van der Waals surface area contributed by atoms with Crippen molar-refractivity contribution in [2.45, 2.75) is 13.1 Å². The molecule has 0 radical (unpaired) electrons. The van der Waals surface area contributed by atoms with E-state index < -0.39 is 0 Å². The highest BCUT2D eigenvalue weighted by molar-refractivity contribution is 5.40. The standard InChI is InChI=1S/C15H16F2N2/c1-19(9-11-4-2-3-5-14(11)16)10-12-6-7-13(18)8-15(12)17/h2-8H,9-10,18H2,1H3. The molecule has 2 aromatic rings. The minimum atomic E-state index is -0.333. The van der Waals surface area contributed by atoms with Crippen LogP contribution in [0.1, 0.15) is 11.1 Å². The number of benzene rings is 2. The molecule has 0 saturated heterocycles. The summed E-state index contributed by atoms with van der Waals surface area (Å²) in [7, 11) is 1.82. The van der Waals surface area contributed by atoms with Crippen LogP contribution < -0.4 is 5.73 Å². The fourth-order valence-corrected chi connectivity index (χ4v) is 1.96. The average Bonchev–Trinajstić information content (AvgIpc) is 2.36. The van der Waals surface area contributed by atoms with E-state index in [0.717, 1.165) is 0 Å². The van der Waals surface area contributed by atoms with Gasteiger partial charge >= 0.3 is 0 Å². The van der Waals surface area contributed by atoms with E-state index in [9.17, 15) is 8.78 Å². The van der Waals surface area contributed by atoms with Gasteiger partial charge in [-0.15, -0.1) is 0 Å². The lowest BCUT2D eigenvalue weighted by Gasteiger charge is -2.17. The zero-order valence-corrected chi connectivity index (χ0v) is 10.7. The molecule has 0 spiro atoms. The quantitative estimate of drug-likeness (QED) is 0.857. The van der Waals surface area contributed by atoms with Gasteiger partial charge in [0.1, 0.15) is 11.6 Å². The summed E-state index contributed by atoms with van der Waals surface area (Å²) in [5.74, 6) is -0.576. The van der Waals surface area contributed by atoms with Crippen molar-refractivity contribution in [2.24, 2.45) is 0 Å². The Bertz CT molecular complexity index is 570. The Balaban J connectivity index is 2.05. The molecule has 2 aromatic carbocycles. The summed E-state index contributed by atoms with van der Waals surface area (Å²) < 4.78 is 27.2. The lowest BCUT2D eigenvalue weighted by Crippen LogP contribution is -2.18. The second kappa shape index (κ2) is 5.80. The maximum absolute atomic E-state index is 13.6. The molecule has 100 valence electrons. The largest absolute Gasteiger partial charge is 0.399 e. The monoisotopic (exact) mass is 262 g/mol. The Morgan fingerprint density at radius 1 is 0.947 bits per heavy atom. The molecule has 0 aliphatic rings. The number of nitrogens with two attached hydrogens (primary N) is 1. The highest BCUT2D eigenvalue weighted by Gasteiger charge is 2.08. The summed E-state index contributed by atoms with van der Waals surface area (Å²) in [6, 6.07) is 11.2. The Labute approximate surface area is 111 Å². The average molecular weight is 262 g/mol. The lowest BCUT2D eigenvalue weighted by molar-refractivity contribution is 0.308. The van der Waals surface area contributed by atoms with Gasteiger partial charge in [-0.05, 0) is 25.2 Å². The van der Waals surface area contributed by atoms with Gasteiger partial charge in [-0.1, -0.05) is 24.3 Å². The first kappa shape index (κ1) is 13.5. The van der Waals surface area contributed by atoms with Gasteiger partial charge in [0.2, 0.25) is 0 Å². The number of hydrogen-bond acceptors (Lipinski definition) is 2. The molecule has 0 heterocycles. The van der Waals surface area contributed by atoms with Gasteiger partial charge in [-0.3, -0.25) is 4.90 Å². The van der Waals surface area contributed by atoms with Crippen molar-refractivity contribution >= 4 is 5.69 Å². The molecular weight excluding hydrogens is 246 g/mol. The van der Waals surface area contributed by atoms with Crippen LogP contribution in [0, 0.1) is 11.6 Å². The summed E-state index contributed by atoms with van der Waals surface area (Å²) >= 11 is 0. The third-order valence-corrected chi connectivity index (χ3v) is 2.92. The van der Waals surface area contributed by atoms with Crippen molar-refractivity contribution in [2.75, 3.05) is 12.8 Å². The van der Waals surface area contributed by atoms with Crippen LogP contribution in [-0.4, -0.2) is 11.9 Å². The molecule has 0 aromatic heterocycles. The maximum atomic E-state index is 13.6. The Morgan fingerprint density at radius 2 is 1.58 bits per heavy atom. The van der Waals surface area contributed by atoms with Crippen molar-refractivity contribution in [1.29, 1.82) is 0 Å². The van der Waals surface area contributed by atoms with E-state index in [4.69, 9.17) is 5.73 Å².